The van der Waals surface area contributed by atoms with Crippen LogP contribution >= 0.6 is 27.5 Å². The number of rotatable bonds is 2. The monoisotopic (exact) mass is 367 g/mol. The Labute approximate surface area is 132 Å². The average Bonchev–Trinajstić information content (AvgIpc) is 2.90. The summed E-state index contributed by atoms with van der Waals surface area (Å²) in [6, 6.07) is 9.58. The number of anilines is 1. The summed E-state index contributed by atoms with van der Waals surface area (Å²) in [5.74, 6) is -0.183. The highest BCUT2D eigenvalue weighted by atomic mass is 79.9. The van der Waals surface area contributed by atoms with E-state index >= 15 is 0 Å². The number of tetrazole rings is 1. The van der Waals surface area contributed by atoms with Gasteiger partial charge in [-0.3, -0.25) is 0 Å². The number of benzene rings is 2. The standard InChI is InChI=1S/C13H8BrClFN5/c14-9-5-4-7(17)6-8(9)13-18-19-20-21(13)12-10(15)2-1-3-11(12)16/h1-6H,17H2. The Morgan fingerprint density at radius 2 is 2.05 bits per heavy atom. The van der Waals surface area contributed by atoms with Crippen molar-refractivity contribution < 1.29 is 4.39 Å². The van der Waals surface area contributed by atoms with Gasteiger partial charge in [0.2, 0.25) is 0 Å². The normalized spacial score (nSPS) is 10.8. The second-order valence-corrected chi connectivity index (χ2v) is 5.49. The molecule has 106 valence electrons. The maximum atomic E-state index is 14.1. The third-order valence-corrected chi connectivity index (χ3v) is 3.85. The summed E-state index contributed by atoms with van der Waals surface area (Å²) in [5.41, 5.74) is 7.06. The Balaban J connectivity index is 2.25. The molecule has 0 unspecified atom stereocenters. The van der Waals surface area contributed by atoms with Gasteiger partial charge in [-0.25, -0.2) is 4.39 Å². The second kappa shape index (κ2) is 5.42. The molecule has 8 heteroatoms. The van der Waals surface area contributed by atoms with Crippen LogP contribution in [0.5, 0.6) is 0 Å². The predicted octanol–water partition coefficient (Wildman–Crippen LogP) is 3.47. The lowest BCUT2D eigenvalue weighted by Gasteiger charge is -2.09. The molecule has 21 heavy (non-hydrogen) atoms. The summed E-state index contributed by atoms with van der Waals surface area (Å²) in [5, 5.41) is 11.6. The first kappa shape index (κ1) is 14.0. The maximum absolute atomic E-state index is 14.1. The zero-order valence-electron chi connectivity index (χ0n) is 10.5. The minimum Gasteiger partial charge on any atom is -0.399 e. The lowest BCUT2D eigenvalue weighted by molar-refractivity contribution is 0.608. The van der Waals surface area contributed by atoms with Gasteiger partial charge in [0.05, 0.1) is 5.02 Å². The average molecular weight is 369 g/mol. The quantitative estimate of drug-likeness (QED) is 0.703. The van der Waals surface area contributed by atoms with E-state index in [-0.39, 0.29) is 10.7 Å². The number of hydrogen-bond acceptors (Lipinski definition) is 4. The van der Waals surface area contributed by atoms with Gasteiger partial charge in [0.25, 0.3) is 0 Å². The van der Waals surface area contributed by atoms with Crippen LogP contribution in [0.25, 0.3) is 17.1 Å². The van der Waals surface area contributed by atoms with Crippen molar-refractivity contribution in [2.24, 2.45) is 0 Å². The SMILES string of the molecule is Nc1ccc(Br)c(-c2nnnn2-c2c(F)cccc2Cl)c1. The first-order chi connectivity index (χ1) is 10.1. The summed E-state index contributed by atoms with van der Waals surface area (Å²) >= 11 is 9.46. The lowest BCUT2D eigenvalue weighted by atomic mass is 10.2. The molecular weight excluding hydrogens is 361 g/mol. The highest BCUT2D eigenvalue weighted by Gasteiger charge is 2.18. The van der Waals surface area contributed by atoms with Gasteiger partial charge in [0.1, 0.15) is 5.69 Å². The smallest absolute Gasteiger partial charge is 0.188 e. The molecule has 0 spiro atoms. The van der Waals surface area contributed by atoms with Crippen LogP contribution in [0.4, 0.5) is 10.1 Å². The molecule has 1 heterocycles. The van der Waals surface area contributed by atoms with E-state index in [1.807, 2.05) is 0 Å². The van der Waals surface area contributed by atoms with Crippen LogP contribution in [0.2, 0.25) is 5.02 Å². The number of hydrogen-bond donors (Lipinski definition) is 1. The van der Waals surface area contributed by atoms with Crippen molar-refractivity contribution in [3.63, 3.8) is 0 Å². The van der Waals surface area contributed by atoms with Crippen LogP contribution in [-0.4, -0.2) is 20.2 Å². The fourth-order valence-electron chi connectivity index (χ4n) is 1.91. The molecule has 0 saturated heterocycles. The van der Waals surface area contributed by atoms with Gasteiger partial charge in [-0.05, 0) is 40.8 Å². The van der Waals surface area contributed by atoms with E-state index in [9.17, 15) is 4.39 Å². The zero-order chi connectivity index (χ0) is 15.0. The second-order valence-electron chi connectivity index (χ2n) is 4.22. The first-order valence-electron chi connectivity index (χ1n) is 5.86. The van der Waals surface area contributed by atoms with E-state index in [4.69, 9.17) is 17.3 Å². The summed E-state index contributed by atoms with van der Waals surface area (Å²) in [6.45, 7) is 0. The van der Waals surface area contributed by atoms with E-state index in [0.717, 1.165) is 4.47 Å². The Morgan fingerprint density at radius 1 is 1.24 bits per heavy atom. The number of aromatic nitrogens is 4. The molecule has 0 bridgehead atoms. The summed E-state index contributed by atoms with van der Waals surface area (Å²) < 4.78 is 16.0. The first-order valence-corrected chi connectivity index (χ1v) is 7.03. The molecule has 0 aliphatic heterocycles. The molecule has 3 aromatic rings. The van der Waals surface area contributed by atoms with Crippen molar-refractivity contribution in [1.29, 1.82) is 0 Å². The number of nitrogens with zero attached hydrogens (tertiary/aromatic N) is 4. The van der Waals surface area contributed by atoms with Crippen molar-refractivity contribution in [1.82, 2.24) is 20.2 Å². The van der Waals surface area contributed by atoms with E-state index in [2.05, 4.69) is 31.5 Å². The number of halogens is 3. The topological polar surface area (TPSA) is 69.6 Å². The van der Waals surface area contributed by atoms with Crippen LogP contribution < -0.4 is 5.73 Å². The number of nitrogens with two attached hydrogens (primary N) is 1. The molecule has 0 atom stereocenters. The highest BCUT2D eigenvalue weighted by Crippen LogP contribution is 2.31. The van der Waals surface area contributed by atoms with E-state index in [1.165, 1.54) is 16.8 Å². The zero-order valence-corrected chi connectivity index (χ0v) is 12.8. The van der Waals surface area contributed by atoms with Gasteiger partial charge in [0, 0.05) is 15.7 Å². The highest BCUT2D eigenvalue weighted by molar-refractivity contribution is 9.10. The molecule has 1 aromatic heterocycles. The lowest BCUT2D eigenvalue weighted by Crippen LogP contribution is -2.04. The van der Waals surface area contributed by atoms with Crippen molar-refractivity contribution >= 4 is 33.2 Å². The van der Waals surface area contributed by atoms with Crippen molar-refractivity contribution in [3.05, 3.63) is 51.7 Å². The molecule has 3 rings (SSSR count). The van der Waals surface area contributed by atoms with Gasteiger partial charge in [-0.1, -0.05) is 33.6 Å². The number of para-hydroxylation sites is 1. The van der Waals surface area contributed by atoms with Crippen LogP contribution in [0, 0.1) is 5.82 Å². The van der Waals surface area contributed by atoms with Crippen LogP contribution in [0.15, 0.2) is 40.9 Å². The summed E-state index contributed by atoms with van der Waals surface area (Å²) in [7, 11) is 0. The van der Waals surface area contributed by atoms with Crippen LogP contribution in [-0.2, 0) is 0 Å². The van der Waals surface area contributed by atoms with Gasteiger partial charge in [-0.2, -0.15) is 4.68 Å². The molecule has 2 N–H and O–H groups in total. The molecular formula is C13H8BrClFN5. The van der Waals surface area contributed by atoms with Crippen molar-refractivity contribution in [2.75, 3.05) is 5.73 Å². The van der Waals surface area contributed by atoms with E-state index in [0.29, 0.717) is 17.1 Å². The minimum atomic E-state index is -0.518. The molecule has 0 fully saturated rings. The molecule has 2 aromatic carbocycles. The van der Waals surface area contributed by atoms with Gasteiger partial charge < -0.3 is 5.73 Å². The van der Waals surface area contributed by atoms with E-state index < -0.39 is 5.82 Å². The Bertz CT molecular complexity index is 800. The van der Waals surface area contributed by atoms with Gasteiger partial charge >= 0.3 is 0 Å². The van der Waals surface area contributed by atoms with Gasteiger partial charge in [0.15, 0.2) is 11.6 Å². The fraction of sp³-hybridized carbons (Fsp3) is 0. The molecule has 0 aliphatic carbocycles. The Hall–Kier alpha value is -1.99. The fourth-order valence-corrected chi connectivity index (χ4v) is 2.58. The molecule has 0 radical (unpaired) electrons. The summed E-state index contributed by atoms with van der Waals surface area (Å²) in [4.78, 5) is 0. The maximum Gasteiger partial charge on any atom is 0.188 e. The van der Waals surface area contributed by atoms with Gasteiger partial charge in [-0.15, -0.1) is 5.10 Å². The Morgan fingerprint density at radius 3 is 2.81 bits per heavy atom. The van der Waals surface area contributed by atoms with Crippen molar-refractivity contribution in [3.8, 4) is 17.1 Å². The largest absolute Gasteiger partial charge is 0.399 e. The molecule has 5 nitrogen and oxygen atoms in total. The van der Waals surface area contributed by atoms with Crippen molar-refractivity contribution in [2.45, 2.75) is 0 Å². The Kier molecular flexibility index (Phi) is 3.60. The molecule has 0 amide bonds. The minimum absolute atomic E-state index is 0.0912. The van der Waals surface area contributed by atoms with Crippen LogP contribution in [0.1, 0.15) is 0 Å². The summed E-state index contributed by atoms with van der Waals surface area (Å²) in [6.07, 6.45) is 0. The number of nitrogen functional groups attached to an aromatic ring is 1. The predicted molar refractivity (Wildman–Crippen MR) is 81.7 cm³/mol. The molecule has 0 saturated carbocycles. The third-order valence-electron chi connectivity index (χ3n) is 2.85. The van der Waals surface area contributed by atoms with E-state index in [1.54, 1.807) is 24.3 Å². The third kappa shape index (κ3) is 2.50. The molecule has 0 aliphatic rings. The van der Waals surface area contributed by atoms with Crippen LogP contribution in [0.3, 0.4) is 0 Å².